The third-order valence-electron chi connectivity index (χ3n) is 22.1. The van der Waals surface area contributed by atoms with Gasteiger partial charge in [-0.15, -0.1) is 0 Å². The first kappa shape index (κ1) is 60.6. The summed E-state index contributed by atoms with van der Waals surface area (Å²) in [5.74, 6) is 1.72. The molecule has 13 aromatic rings. The topological polar surface area (TPSA) is 19.0 Å². The second-order valence-electron chi connectivity index (χ2n) is 31.6. The van der Waals surface area contributed by atoms with Crippen molar-refractivity contribution in [1.82, 2.24) is 0 Å². The Balaban J connectivity index is 0.937. The Hall–Kier alpha value is -10.8. The molecule has 4 aliphatic heterocycles. The summed E-state index contributed by atoms with van der Waals surface area (Å²) in [4.78, 5) is 7.73. The van der Waals surface area contributed by atoms with Gasteiger partial charge in [0.15, 0.2) is 0 Å². The van der Waals surface area contributed by atoms with Crippen LogP contribution in [0.3, 0.4) is 0 Å². The van der Waals surface area contributed by atoms with Crippen LogP contribution in [0.2, 0.25) is 0 Å². The van der Waals surface area contributed by atoms with E-state index < -0.39 is 0 Å². The molecule has 0 fully saturated rings. The van der Waals surface area contributed by atoms with Crippen molar-refractivity contribution in [3.8, 4) is 67.1 Å². The lowest BCUT2D eigenvalue weighted by molar-refractivity contribution is 0.488. The first-order chi connectivity index (χ1) is 47.8. The van der Waals surface area contributed by atoms with Crippen LogP contribution in [0.5, 0.6) is 11.5 Å². The maximum Gasteiger partial charge on any atom is 0.256 e. The fourth-order valence-corrected chi connectivity index (χ4v) is 17.1. The average Bonchev–Trinajstić information content (AvgIpc) is 1.13. The molecule has 4 nitrogen and oxygen atoms in total. The normalized spacial score (nSPS) is 14.3. The van der Waals surface area contributed by atoms with Crippen LogP contribution < -0.4 is 52.2 Å². The summed E-state index contributed by atoms with van der Waals surface area (Å²) in [6.07, 6.45) is 0. The van der Waals surface area contributed by atoms with E-state index in [1.807, 2.05) is 0 Å². The molecule has 0 bridgehead atoms. The SMILES string of the molecule is CC(C)(C)c1cc(-c2cc3c4c(c2)N(c2ccccc2)c2cc5c(cc2B4c2ccccc2N3c2ccccc2)B2c3ccccc3N(c3c(-c4ccccc4)cc(C(C)(C)C)cc3-c3ccccc3)c3cc(-c4cccc6c4C(C)(C)c4ccccc4-6)cc(c32)O5)cc(C(C)(C)C)c1. The molecule has 0 N–H and O–H groups in total. The van der Waals surface area contributed by atoms with Gasteiger partial charge in [-0.1, -0.05) is 276 Å². The predicted molar refractivity (Wildman–Crippen MR) is 422 cm³/mol. The third kappa shape index (κ3) is 9.49. The first-order valence-corrected chi connectivity index (χ1v) is 35.4. The lowest BCUT2D eigenvalue weighted by Gasteiger charge is -2.46. The quantitative estimate of drug-likeness (QED) is 0.148. The van der Waals surface area contributed by atoms with E-state index in [1.165, 1.54) is 100.0 Å². The summed E-state index contributed by atoms with van der Waals surface area (Å²) < 4.78 is 8.02. The Morgan fingerprint density at radius 2 is 0.737 bits per heavy atom. The molecule has 0 unspecified atom stereocenters. The van der Waals surface area contributed by atoms with Crippen LogP contribution in [0.15, 0.2) is 279 Å². The fourth-order valence-electron chi connectivity index (χ4n) is 17.1. The van der Waals surface area contributed by atoms with E-state index in [-0.39, 0.29) is 35.1 Å². The minimum absolute atomic E-state index is 0.0819. The van der Waals surface area contributed by atoms with E-state index in [0.29, 0.717) is 0 Å². The van der Waals surface area contributed by atoms with Gasteiger partial charge in [0, 0.05) is 68.1 Å². The van der Waals surface area contributed by atoms with Crippen molar-refractivity contribution in [2.45, 2.75) is 97.8 Å². The van der Waals surface area contributed by atoms with Crippen molar-refractivity contribution in [1.29, 1.82) is 0 Å². The maximum atomic E-state index is 8.02. The highest BCUT2D eigenvalue weighted by Crippen LogP contribution is 2.56. The smallest absolute Gasteiger partial charge is 0.256 e. The van der Waals surface area contributed by atoms with Crippen LogP contribution in [0.25, 0.3) is 55.6 Å². The largest absolute Gasteiger partial charge is 0.458 e. The molecule has 0 spiro atoms. The highest BCUT2D eigenvalue weighted by Gasteiger charge is 2.49. The highest BCUT2D eigenvalue weighted by atomic mass is 16.5. The molecular formula is C93H79B2N3O. The van der Waals surface area contributed by atoms with Crippen LogP contribution in [-0.4, -0.2) is 13.4 Å². The molecule has 4 heterocycles. The Morgan fingerprint density at radius 3 is 1.31 bits per heavy atom. The third-order valence-corrected chi connectivity index (χ3v) is 22.1. The van der Waals surface area contributed by atoms with Gasteiger partial charge < -0.3 is 19.4 Å². The molecule has 6 heteroatoms. The number of fused-ring (bicyclic) bond motifs is 11. The second kappa shape index (κ2) is 22.1. The van der Waals surface area contributed by atoms with Crippen LogP contribution >= 0.6 is 0 Å². The van der Waals surface area contributed by atoms with Gasteiger partial charge in [-0.25, -0.2) is 0 Å². The minimum Gasteiger partial charge on any atom is -0.458 e. The maximum absolute atomic E-state index is 8.02. The van der Waals surface area contributed by atoms with Crippen molar-refractivity contribution in [2.24, 2.45) is 0 Å². The summed E-state index contributed by atoms with van der Waals surface area (Å²) in [7, 11) is 0. The minimum atomic E-state index is -0.280. The van der Waals surface area contributed by atoms with E-state index in [4.69, 9.17) is 4.74 Å². The number of rotatable bonds is 7. The summed E-state index contributed by atoms with van der Waals surface area (Å²) in [6, 6.07) is 106. The number of para-hydroxylation sites is 4. The summed E-state index contributed by atoms with van der Waals surface area (Å²) in [6.45, 7) is 25.5. The zero-order chi connectivity index (χ0) is 67.6. The Bertz CT molecular complexity index is 5370. The number of hydrogen-bond acceptors (Lipinski definition) is 4. The molecule has 0 amide bonds. The Morgan fingerprint density at radius 1 is 0.293 bits per heavy atom. The summed E-state index contributed by atoms with van der Waals surface area (Å²) in [5, 5.41) is 0. The van der Waals surface area contributed by atoms with Crippen molar-refractivity contribution in [2.75, 3.05) is 14.7 Å². The average molecular weight is 1280 g/mol. The lowest BCUT2D eigenvalue weighted by Crippen LogP contribution is -2.64. The number of hydrogen-bond donors (Lipinski definition) is 0. The zero-order valence-corrected chi connectivity index (χ0v) is 58.5. The van der Waals surface area contributed by atoms with Gasteiger partial charge in [0.05, 0.1) is 5.69 Å². The van der Waals surface area contributed by atoms with Gasteiger partial charge in [0.1, 0.15) is 11.5 Å². The van der Waals surface area contributed by atoms with Crippen molar-refractivity contribution >= 4 is 97.4 Å². The van der Waals surface area contributed by atoms with E-state index in [9.17, 15) is 0 Å². The number of ether oxygens (including phenoxy) is 1. The lowest BCUT2D eigenvalue weighted by atomic mass is 9.30. The molecule has 0 saturated heterocycles. The molecule has 5 aliphatic rings. The number of benzene rings is 13. The van der Waals surface area contributed by atoms with Gasteiger partial charge in [-0.05, 0) is 194 Å². The standard InChI is InChI=1S/C93H79B2N3O/c1-90(2,3)63-47-60(48-64(53-63)91(4,5)6)61-49-81-87-82(50-61)97(67-37-22-15-23-38-67)80-57-84-77(56-76(80)94(87)74-43-26-28-45-78(74)96(81)66-35-20-14-21-36-66)95-75-44-27-29-46-79(75)98(89-71(58-31-16-12-17-32-58)54-65(92(7,8)9)55-72(89)59-33-18-13-19-34-59)83-51-62(52-85(99-84)88(83)95)68-40-30-41-70-69-39-24-25-42-73(69)93(10,11)86(68)70/h12-57H,1-11H3. The fraction of sp³-hybridized carbons (Fsp3) is 0.161. The molecule has 0 radical (unpaired) electrons. The molecule has 0 aromatic heterocycles. The summed E-state index contributed by atoms with van der Waals surface area (Å²) in [5.41, 5.74) is 35.5. The van der Waals surface area contributed by atoms with E-state index in [2.05, 4.69) is 370 Å². The summed E-state index contributed by atoms with van der Waals surface area (Å²) >= 11 is 0. The van der Waals surface area contributed by atoms with E-state index >= 15 is 0 Å². The van der Waals surface area contributed by atoms with Gasteiger partial charge >= 0.3 is 0 Å². The van der Waals surface area contributed by atoms with Gasteiger partial charge in [-0.3, -0.25) is 0 Å². The van der Waals surface area contributed by atoms with Crippen LogP contribution in [0.1, 0.15) is 104 Å². The molecule has 1 aliphatic carbocycles. The Kier molecular flexibility index (Phi) is 13.5. The monoisotopic (exact) mass is 1280 g/mol. The number of nitrogens with zero attached hydrogens (tertiary/aromatic N) is 3. The highest BCUT2D eigenvalue weighted by molar-refractivity contribution is 7.02. The van der Waals surface area contributed by atoms with Gasteiger partial charge in [0.2, 0.25) is 0 Å². The molecule has 18 rings (SSSR count). The second-order valence-corrected chi connectivity index (χ2v) is 31.6. The van der Waals surface area contributed by atoms with Crippen LogP contribution in [0, 0.1) is 0 Å². The number of anilines is 9. The molecular weight excluding hydrogens is 1200 g/mol. The van der Waals surface area contributed by atoms with E-state index in [1.54, 1.807) is 0 Å². The molecule has 99 heavy (non-hydrogen) atoms. The van der Waals surface area contributed by atoms with Gasteiger partial charge in [-0.2, -0.15) is 0 Å². The van der Waals surface area contributed by atoms with Crippen LogP contribution in [0.4, 0.5) is 51.2 Å². The first-order valence-electron chi connectivity index (χ1n) is 35.4. The predicted octanol–water partition coefficient (Wildman–Crippen LogP) is 21.0. The van der Waals surface area contributed by atoms with E-state index in [0.717, 1.165) is 78.9 Å². The van der Waals surface area contributed by atoms with Gasteiger partial charge in [0.25, 0.3) is 13.4 Å². The molecule has 478 valence electrons. The van der Waals surface area contributed by atoms with Crippen molar-refractivity contribution in [3.63, 3.8) is 0 Å². The van der Waals surface area contributed by atoms with Crippen molar-refractivity contribution < 1.29 is 4.74 Å². The Labute approximate surface area is 585 Å². The zero-order valence-electron chi connectivity index (χ0n) is 58.5. The van der Waals surface area contributed by atoms with Crippen LogP contribution in [-0.2, 0) is 21.7 Å². The molecule has 13 aromatic carbocycles. The molecule has 0 saturated carbocycles. The van der Waals surface area contributed by atoms with Crippen molar-refractivity contribution in [3.05, 3.63) is 307 Å². The molecule has 0 atom stereocenters.